The molecule has 0 heterocycles. The molecular weight excluding hydrogens is 360 g/mol. The summed E-state index contributed by atoms with van der Waals surface area (Å²) in [4.78, 5) is 23.7. The Bertz CT molecular complexity index is 806. The molecule has 0 aromatic heterocycles. The molecule has 0 atom stereocenters. The summed E-state index contributed by atoms with van der Waals surface area (Å²) in [7, 11) is 0. The van der Waals surface area contributed by atoms with Crippen LogP contribution in [0.25, 0.3) is 0 Å². The van der Waals surface area contributed by atoms with Gasteiger partial charge >= 0.3 is 5.97 Å². The highest BCUT2D eigenvalue weighted by Gasteiger charge is 2.10. The highest BCUT2D eigenvalue weighted by molar-refractivity contribution is 7.80. The average molecular weight is 385 g/mol. The minimum absolute atomic E-state index is 0.0206. The van der Waals surface area contributed by atoms with Gasteiger partial charge in [0.05, 0.1) is 13.0 Å². The predicted octanol–water partition coefficient (Wildman–Crippen LogP) is 3.68. The molecule has 0 radical (unpaired) electrons. The van der Waals surface area contributed by atoms with Crippen molar-refractivity contribution in [2.24, 2.45) is 0 Å². The molecule has 27 heavy (non-hydrogen) atoms. The first-order valence-corrected chi connectivity index (χ1v) is 9.22. The molecule has 0 saturated heterocycles. The molecule has 6 heteroatoms. The number of rotatable bonds is 7. The van der Waals surface area contributed by atoms with E-state index in [2.05, 4.69) is 10.6 Å². The van der Waals surface area contributed by atoms with E-state index in [0.717, 1.165) is 22.4 Å². The van der Waals surface area contributed by atoms with Gasteiger partial charge in [-0.1, -0.05) is 48.0 Å². The zero-order valence-corrected chi connectivity index (χ0v) is 16.4. The first-order valence-electron chi connectivity index (χ1n) is 8.81. The quantitative estimate of drug-likeness (QED) is 0.563. The van der Waals surface area contributed by atoms with Gasteiger partial charge in [0.15, 0.2) is 5.11 Å². The van der Waals surface area contributed by atoms with Crippen molar-refractivity contribution in [3.63, 3.8) is 0 Å². The van der Waals surface area contributed by atoms with Crippen molar-refractivity contribution >= 4 is 34.9 Å². The number of hydrogen-bond acceptors (Lipinski definition) is 4. The van der Waals surface area contributed by atoms with Crippen LogP contribution in [0.1, 0.15) is 29.5 Å². The lowest BCUT2D eigenvalue weighted by atomic mass is 10.1. The van der Waals surface area contributed by atoms with Crippen molar-refractivity contribution in [2.75, 3.05) is 11.9 Å². The molecule has 2 aromatic carbocycles. The Hall–Kier alpha value is -2.73. The fourth-order valence-corrected chi connectivity index (χ4v) is 2.74. The maximum Gasteiger partial charge on any atom is 0.306 e. The van der Waals surface area contributed by atoms with E-state index in [4.69, 9.17) is 17.0 Å². The largest absolute Gasteiger partial charge is 0.465 e. The van der Waals surface area contributed by atoms with Crippen molar-refractivity contribution in [1.82, 2.24) is 5.32 Å². The molecule has 0 aliphatic rings. The normalized spacial score (nSPS) is 10.1. The second-order valence-electron chi connectivity index (χ2n) is 6.28. The van der Waals surface area contributed by atoms with E-state index in [9.17, 15) is 9.59 Å². The summed E-state index contributed by atoms with van der Waals surface area (Å²) in [5.74, 6) is -0.716. The second-order valence-corrected chi connectivity index (χ2v) is 6.68. The molecule has 0 aliphatic heterocycles. The molecule has 1 amide bonds. The molecule has 5 nitrogen and oxygen atoms in total. The fourth-order valence-electron chi connectivity index (χ4n) is 2.51. The minimum atomic E-state index is -0.394. The van der Waals surface area contributed by atoms with Crippen LogP contribution in [-0.2, 0) is 20.7 Å². The zero-order valence-electron chi connectivity index (χ0n) is 15.6. The van der Waals surface area contributed by atoms with Crippen LogP contribution in [0.3, 0.4) is 0 Å². The lowest BCUT2D eigenvalue weighted by molar-refractivity contribution is -0.144. The molecule has 0 unspecified atom stereocenters. The third-order valence-corrected chi connectivity index (χ3v) is 4.14. The van der Waals surface area contributed by atoms with Crippen LogP contribution in [0.4, 0.5) is 5.69 Å². The molecule has 0 saturated carbocycles. The van der Waals surface area contributed by atoms with Gasteiger partial charge in [-0.2, -0.15) is 0 Å². The average Bonchev–Trinajstić information content (AvgIpc) is 2.63. The van der Waals surface area contributed by atoms with Crippen molar-refractivity contribution in [3.8, 4) is 0 Å². The molecule has 2 aromatic rings. The Morgan fingerprint density at radius 2 is 1.78 bits per heavy atom. The number of nitrogens with one attached hydrogen (secondary N) is 2. The summed E-state index contributed by atoms with van der Waals surface area (Å²) < 4.78 is 5.16. The highest BCUT2D eigenvalue weighted by Crippen LogP contribution is 2.15. The molecule has 0 fully saturated rings. The number of ether oxygens (including phenoxy) is 1. The van der Waals surface area contributed by atoms with E-state index in [1.54, 1.807) is 0 Å². The summed E-state index contributed by atoms with van der Waals surface area (Å²) >= 11 is 5.15. The molecular formula is C21H24N2O3S. The van der Waals surface area contributed by atoms with Crippen molar-refractivity contribution < 1.29 is 14.3 Å². The van der Waals surface area contributed by atoms with E-state index in [-0.39, 0.29) is 23.9 Å². The fraction of sp³-hybridized carbons (Fsp3) is 0.286. The second kappa shape index (κ2) is 10.4. The van der Waals surface area contributed by atoms with E-state index in [0.29, 0.717) is 13.0 Å². The van der Waals surface area contributed by atoms with Gasteiger partial charge in [-0.25, -0.2) is 0 Å². The van der Waals surface area contributed by atoms with Gasteiger partial charge < -0.3 is 15.4 Å². The van der Waals surface area contributed by atoms with Crippen molar-refractivity contribution in [2.45, 2.75) is 33.1 Å². The van der Waals surface area contributed by atoms with E-state index in [1.165, 1.54) is 0 Å². The van der Waals surface area contributed by atoms with Gasteiger partial charge in [-0.05, 0) is 43.3 Å². The summed E-state index contributed by atoms with van der Waals surface area (Å²) in [5, 5.41) is 5.79. The number of esters is 1. The predicted molar refractivity (Wildman–Crippen MR) is 111 cm³/mol. The maximum atomic E-state index is 11.9. The van der Waals surface area contributed by atoms with Crippen LogP contribution >= 0.6 is 12.2 Å². The van der Waals surface area contributed by atoms with Gasteiger partial charge in [-0.15, -0.1) is 0 Å². The van der Waals surface area contributed by atoms with Crippen LogP contribution in [-0.4, -0.2) is 23.6 Å². The third-order valence-electron chi connectivity index (χ3n) is 3.94. The monoisotopic (exact) mass is 384 g/mol. The van der Waals surface area contributed by atoms with Gasteiger partial charge in [0.25, 0.3) is 0 Å². The Labute approximate surface area is 165 Å². The van der Waals surface area contributed by atoms with Gasteiger partial charge in [-0.3, -0.25) is 9.59 Å². The molecule has 0 spiro atoms. The highest BCUT2D eigenvalue weighted by atomic mass is 32.1. The minimum Gasteiger partial charge on any atom is -0.465 e. The van der Waals surface area contributed by atoms with E-state index in [1.807, 2.05) is 62.4 Å². The number of carbonyl (C=O) groups excluding carboxylic acids is 2. The van der Waals surface area contributed by atoms with Crippen molar-refractivity contribution in [1.29, 1.82) is 0 Å². The Kier molecular flexibility index (Phi) is 7.95. The molecule has 0 aliphatic carbocycles. The number of carbonyl (C=O) groups is 2. The van der Waals surface area contributed by atoms with Gasteiger partial charge in [0.1, 0.15) is 0 Å². The molecule has 0 bridgehead atoms. The number of anilines is 1. The number of amides is 1. The number of hydrogen-bond donors (Lipinski definition) is 2. The number of thiocarbonyl (C=S) groups is 1. The van der Waals surface area contributed by atoms with Gasteiger partial charge in [0, 0.05) is 18.5 Å². The summed E-state index contributed by atoms with van der Waals surface area (Å²) in [6, 6.07) is 15.7. The molecule has 142 valence electrons. The first kappa shape index (κ1) is 20.6. The van der Waals surface area contributed by atoms with Crippen LogP contribution in [0, 0.1) is 13.8 Å². The molecule has 2 rings (SSSR count). The van der Waals surface area contributed by atoms with Crippen LogP contribution in [0.2, 0.25) is 0 Å². The topological polar surface area (TPSA) is 67.4 Å². The SMILES string of the molecule is Cc1ccc(NC(=S)NC(=O)CCC(=O)OCCc2ccccc2)c(C)c1. The van der Waals surface area contributed by atoms with E-state index >= 15 is 0 Å². The van der Waals surface area contributed by atoms with Crippen LogP contribution in [0.5, 0.6) is 0 Å². The van der Waals surface area contributed by atoms with Gasteiger partial charge in [0.2, 0.25) is 5.91 Å². The lowest BCUT2D eigenvalue weighted by Crippen LogP contribution is -2.34. The van der Waals surface area contributed by atoms with E-state index < -0.39 is 5.97 Å². The Morgan fingerprint density at radius 3 is 2.48 bits per heavy atom. The number of benzene rings is 2. The zero-order chi connectivity index (χ0) is 19.6. The standard InChI is InChI=1S/C21H24N2O3S/c1-15-8-9-18(16(2)14-15)22-21(27)23-19(24)10-11-20(25)26-13-12-17-6-4-3-5-7-17/h3-9,14H,10-13H2,1-2H3,(H2,22,23,24,27). The summed E-state index contributed by atoms with van der Waals surface area (Å²) in [6.07, 6.45) is 0.703. The van der Waals surface area contributed by atoms with Crippen LogP contribution < -0.4 is 10.6 Å². The first-order chi connectivity index (χ1) is 12.9. The molecule has 2 N–H and O–H groups in total. The Balaban J connectivity index is 1.66. The lowest BCUT2D eigenvalue weighted by Gasteiger charge is -2.12. The number of aryl methyl sites for hydroxylation is 2. The van der Waals surface area contributed by atoms with Crippen molar-refractivity contribution in [3.05, 3.63) is 65.2 Å². The summed E-state index contributed by atoms with van der Waals surface area (Å²) in [5.41, 5.74) is 4.13. The van der Waals surface area contributed by atoms with Crippen LogP contribution in [0.15, 0.2) is 48.5 Å². The smallest absolute Gasteiger partial charge is 0.306 e. The third kappa shape index (κ3) is 7.58. The maximum absolute atomic E-state index is 11.9. The Morgan fingerprint density at radius 1 is 1.04 bits per heavy atom. The summed E-state index contributed by atoms with van der Waals surface area (Å²) in [6.45, 7) is 4.28.